The maximum absolute atomic E-state index is 12.6. The van der Waals surface area contributed by atoms with Crippen LogP contribution in [0.15, 0.2) is 36.1 Å². The van der Waals surface area contributed by atoms with Gasteiger partial charge in [0.1, 0.15) is 24.4 Å². The number of hydrogen-bond donors (Lipinski definition) is 7. The summed E-state index contributed by atoms with van der Waals surface area (Å²) in [4.78, 5) is 12.6. The predicted octanol–water partition coefficient (Wildman–Crippen LogP) is -0.402. The molecule has 1 fully saturated rings. The molecule has 0 aliphatic carbocycles. The van der Waals surface area contributed by atoms with Gasteiger partial charge in [0.05, 0.1) is 12.2 Å². The Balaban J connectivity index is 1.59. The number of benzene rings is 2. The molecule has 7 N–H and O–H groups in total. The highest BCUT2D eigenvalue weighted by Gasteiger charge is 2.45. The van der Waals surface area contributed by atoms with E-state index in [1.807, 2.05) is 0 Å². The first-order valence-corrected chi connectivity index (χ1v) is 9.50. The third-order valence-corrected chi connectivity index (χ3v) is 5.16. The largest absolute Gasteiger partial charge is 0.504 e. The lowest BCUT2D eigenvalue weighted by molar-refractivity contribution is -0.277. The molecular formula is C21H20O11. The van der Waals surface area contributed by atoms with Crippen LogP contribution in [0.3, 0.4) is 0 Å². The molecule has 5 atom stereocenters. The fraction of sp³-hybridized carbons (Fsp3) is 0.286. The Morgan fingerprint density at radius 3 is 2.41 bits per heavy atom. The summed E-state index contributed by atoms with van der Waals surface area (Å²) in [6, 6.07) is 6.43. The maximum Gasteiger partial charge on any atom is 0.232 e. The standard InChI is InChI=1S/C21H20O11/c22-7-14-16(26)18(28)19(29)21(32-14)31-12-4-2-9-15(25)13(30-20(9)17(12)27)6-8-1-3-10(23)11(24)5-8/h1-6,14,16,18-19,21-24,26-29H,7H2/t14-,16+,18-,19-,21+/m1/s1. The maximum atomic E-state index is 12.6. The molecule has 2 aromatic rings. The van der Waals surface area contributed by atoms with E-state index in [4.69, 9.17) is 14.2 Å². The van der Waals surface area contributed by atoms with Crippen LogP contribution in [-0.2, 0) is 4.74 Å². The zero-order chi connectivity index (χ0) is 23.2. The second kappa shape index (κ2) is 8.30. The van der Waals surface area contributed by atoms with Crippen molar-refractivity contribution < 1.29 is 54.8 Å². The van der Waals surface area contributed by atoms with Crippen molar-refractivity contribution in [2.24, 2.45) is 0 Å². The summed E-state index contributed by atoms with van der Waals surface area (Å²) >= 11 is 0. The van der Waals surface area contributed by atoms with E-state index in [2.05, 4.69) is 0 Å². The van der Waals surface area contributed by atoms with E-state index in [0.717, 1.165) is 0 Å². The normalized spacial score (nSPS) is 28.4. The van der Waals surface area contributed by atoms with Crippen molar-refractivity contribution in [3.63, 3.8) is 0 Å². The summed E-state index contributed by atoms with van der Waals surface area (Å²) in [5.74, 6) is -2.48. The van der Waals surface area contributed by atoms with Crippen molar-refractivity contribution in [1.29, 1.82) is 0 Å². The van der Waals surface area contributed by atoms with E-state index < -0.39 is 48.8 Å². The van der Waals surface area contributed by atoms with Crippen LogP contribution in [-0.4, -0.2) is 78.8 Å². The Kier molecular flexibility index (Phi) is 5.67. The summed E-state index contributed by atoms with van der Waals surface area (Å²) in [5, 5.41) is 68.6. The molecule has 0 aromatic heterocycles. The molecular weight excluding hydrogens is 428 g/mol. The highest BCUT2D eigenvalue weighted by Crippen LogP contribution is 2.45. The quantitative estimate of drug-likeness (QED) is 0.238. The Hall–Kier alpha value is -3.35. The predicted molar refractivity (Wildman–Crippen MR) is 105 cm³/mol. The van der Waals surface area contributed by atoms with E-state index in [1.54, 1.807) is 0 Å². The minimum Gasteiger partial charge on any atom is -0.504 e. The molecule has 170 valence electrons. The van der Waals surface area contributed by atoms with Crippen LogP contribution in [0.5, 0.6) is 28.7 Å². The minimum absolute atomic E-state index is 0.0258. The molecule has 1 saturated heterocycles. The summed E-state index contributed by atoms with van der Waals surface area (Å²) < 4.78 is 16.1. The number of phenols is 3. The van der Waals surface area contributed by atoms with E-state index in [-0.39, 0.29) is 34.3 Å². The van der Waals surface area contributed by atoms with Crippen molar-refractivity contribution in [3.8, 4) is 28.7 Å². The second-order valence-corrected chi connectivity index (χ2v) is 7.29. The third-order valence-electron chi connectivity index (χ3n) is 5.16. The Labute approximate surface area is 180 Å². The molecule has 0 amide bonds. The number of aromatic hydroxyl groups is 3. The van der Waals surface area contributed by atoms with E-state index in [1.165, 1.54) is 36.4 Å². The van der Waals surface area contributed by atoms with Crippen LogP contribution in [0.1, 0.15) is 15.9 Å². The van der Waals surface area contributed by atoms with Gasteiger partial charge in [0, 0.05) is 0 Å². The zero-order valence-electron chi connectivity index (χ0n) is 16.3. The van der Waals surface area contributed by atoms with Crippen molar-refractivity contribution in [2.45, 2.75) is 30.7 Å². The fourth-order valence-corrected chi connectivity index (χ4v) is 3.39. The number of rotatable bonds is 4. The van der Waals surface area contributed by atoms with Crippen LogP contribution < -0.4 is 9.47 Å². The van der Waals surface area contributed by atoms with Gasteiger partial charge in [-0.25, -0.2) is 0 Å². The van der Waals surface area contributed by atoms with Crippen LogP contribution in [0.4, 0.5) is 0 Å². The molecule has 2 heterocycles. The molecule has 11 heteroatoms. The van der Waals surface area contributed by atoms with Gasteiger partial charge in [-0.3, -0.25) is 4.79 Å². The van der Waals surface area contributed by atoms with Crippen LogP contribution in [0.2, 0.25) is 0 Å². The molecule has 32 heavy (non-hydrogen) atoms. The van der Waals surface area contributed by atoms with E-state index in [9.17, 15) is 40.5 Å². The van der Waals surface area contributed by atoms with Gasteiger partial charge in [0.2, 0.25) is 17.8 Å². The Bertz CT molecular complexity index is 1080. The number of ether oxygens (including phenoxy) is 3. The Morgan fingerprint density at radius 2 is 1.72 bits per heavy atom. The zero-order valence-corrected chi connectivity index (χ0v) is 16.3. The van der Waals surface area contributed by atoms with Gasteiger partial charge >= 0.3 is 0 Å². The minimum atomic E-state index is -1.69. The van der Waals surface area contributed by atoms with Gasteiger partial charge in [0.25, 0.3) is 0 Å². The summed E-state index contributed by atoms with van der Waals surface area (Å²) in [6.45, 7) is -0.653. The molecule has 2 aromatic carbocycles. The lowest BCUT2D eigenvalue weighted by atomic mass is 9.99. The van der Waals surface area contributed by atoms with Gasteiger partial charge in [0.15, 0.2) is 28.8 Å². The Morgan fingerprint density at radius 1 is 0.969 bits per heavy atom. The van der Waals surface area contributed by atoms with Gasteiger partial charge < -0.3 is 50.0 Å². The number of aliphatic hydroxyl groups excluding tert-OH is 4. The first kappa shape index (κ1) is 21.9. The van der Waals surface area contributed by atoms with Crippen molar-refractivity contribution >= 4 is 11.9 Å². The number of carbonyl (C=O) groups excluding carboxylic acids is 1. The number of carbonyl (C=O) groups is 1. The number of hydrogen-bond acceptors (Lipinski definition) is 11. The molecule has 0 bridgehead atoms. The highest BCUT2D eigenvalue weighted by atomic mass is 16.7. The molecule has 2 aliphatic heterocycles. The molecule has 0 radical (unpaired) electrons. The van der Waals surface area contributed by atoms with Crippen molar-refractivity contribution in [3.05, 3.63) is 47.2 Å². The van der Waals surface area contributed by atoms with Crippen LogP contribution in [0, 0.1) is 0 Å². The summed E-state index contributed by atoms with van der Waals surface area (Å²) in [6.07, 6.45) is -6.38. The monoisotopic (exact) mass is 448 g/mol. The molecule has 0 unspecified atom stereocenters. The topological polar surface area (TPSA) is 186 Å². The average Bonchev–Trinajstić information content (AvgIpc) is 3.09. The lowest BCUT2D eigenvalue weighted by Gasteiger charge is -2.39. The van der Waals surface area contributed by atoms with Crippen LogP contribution >= 0.6 is 0 Å². The average molecular weight is 448 g/mol. The van der Waals surface area contributed by atoms with Gasteiger partial charge in [-0.15, -0.1) is 0 Å². The van der Waals surface area contributed by atoms with E-state index >= 15 is 0 Å². The van der Waals surface area contributed by atoms with Gasteiger partial charge in [-0.2, -0.15) is 0 Å². The first-order valence-electron chi connectivity index (χ1n) is 9.50. The fourth-order valence-electron chi connectivity index (χ4n) is 3.39. The number of fused-ring (bicyclic) bond motifs is 1. The SMILES string of the molecule is O=C1C(=Cc2ccc(O)c(O)c2)Oc2c1ccc(O[C@H]1O[C@H](CO)[C@H](O)[C@@H](O)[C@H]1O)c2O. The van der Waals surface area contributed by atoms with Gasteiger partial charge in [-0.05, 0) is 35.9 Å². The molecule has 11 nitrogen and oxygen atoms in total. The summed E-state index contributed by atoms with van der Waals surface area (Å²) in [7, 11) is 0. The number of Topliss-reactive ketones (excluding diaryl/α,β-unsaturated/α-hetero) is 1. The van der Waals surface area contributed by atoms with Gasteiger partial charge in [-0.1, -0.05) is 6.07 Å². The second-order valence-electron chi connectivity index (χ2n) is 7.29. The first-order chi connectivity index (χ1) is 15.2. The molecule has 0 saturated carbocycles. The highest BCUT2D eigenvalue weighted by molar-refractivity contribution is 6.15. The smallest absolute Gasteiger partial charge is 0.232 e. The number of aliphatic hydroxyl groups is 4. The number of ketones is 1. The number of phenolic OH excluding ortho intramolecular Hbond substituents is 3. The summed E-state index contributed by atoms with van der Waals surface area (Å²) in [5.41, 5.74) is 0.381. The number of allylic oxidation sites excluding steroid dienone is 1. The molecule has 4 rings (SSSR count). The van der Waals surface area contributed by atoms with E-state index in [0.29, 0.717) is 5.56 Å². The van der Waals surface area contributed by atoms with Crippen molar-refractivity contribution in [1.82, 2.24) is 0 Å². The van der Waals surface area contributed by atoms with Crippen LogP contribution in [0.25, 0.3) is 6.08 Å². The lowest BCUT2D eigenvalue weighted by Crippen LogP contribution is -2.60. The third kappa shape index (κ3) is 3.72. The molecule has 2 aliphatic rings. The molecule has 0 spiro atoms. The van der Waals surface area contributed by atoms with Crippen molar-refractivity contribution in [2.75, 3.05) is 6.61 Å².